The van der Waals surface area contributed by atoms with Crippen molar-refractivity contribution < 1.29 is 14.4 Å². The Labute approximate surface area is 93.2 Å². The highest BCUT2D eigenvalue weighted by atomic mass is 16.5. The summed E-state index contributed by atoms with van der Waals surface area (Å²) in [6.07, 6.45) is 1.82. The van der Waals surface area contributed by atoms with Crippen LogP contribution in [0.15, 0.2) is 4.52 Å². The summed E-state index contributed by atoms with van der Waals surface area (Å²) in [5.74, 6) is -0.472. The Bertz CT molecular complexity index is 377. The zero-order chi connectivity index (χ0) is 11.5. The molecule has 1 aromatic heterocycles. The van der Waals surface area contributed by atoms with Gasteiger partial charge >= 0.3 is 11.9 Å². The SMILES string of the molecule is CCN1CCC(Cc2noc(C(=O)O)n2)C1. The largest absolute Gasteiger partial charge is 0.474 e. The van der Waals surface area contributed by atoms with E-state index in [1.165, 1.54) is 0 Å². The van der Waals surface area contributed by atoms with Crippen LogP contribution in [0.25, 0.3) is 0 Å². The van der Waals surface area contributed by atoms with Crippen molar-refractivity contribution in [2.75, 3.05) is 19.6 Å². The number of carboxylic acid groups (broad SMARTS) is 1. The number of likely N-dealkylation sites (tertiary alicyclic amines) is 1. The monoisotopic (exact) mass is 225 g/mol. The smallest absolute Gasteiger partial charge is 0.394 e. The van der Waals surface area contributed by atoms with Crippen molar-refractivity contribution in [3.05, 3.63) is 11.7 Å². The van der Waals surface area contributed by atoms with Crippen LogP contribution in [0, 0.1) is 5.92 Å². The second kappa shape index (κ2) is 4.61. The van der Waals surface area contributed by atoms with E-state index < -0.39 is 5.97 Å². The van der Waals surface area contributed by atoms with Crippen molar-refractivity contribution in [3.63, 3.8) is 0 Å². The van der Waals surface area contributed by atoms with Gasteiger partial charge in [0.25, 0.3) is 0 Å². The molecule has 0 amide bonds. The molecule has 0 bridgehead atoms. The topological polar surface area (TPSA) is 79.5 Å². The van der Waals surface area contributed by atoms with E-state index in [-0.39, 0.29) is 5.89 Å². The molecular formula is C10H15N3O3. The lowest BCUT2D eigenvalue weighted by molar-refractivity contribution is 0.0643. The van der Waals surface area contributed by atoms with Gasteiger partial charge in [0, 0.05) is 13.0 Å². The van der Waals surface area contributed by atoms with Gasteiger partial charge in [0.2, 0.25) is 0 Å². The van der Waals surface area contributed by atoms with Crippen LogP contribution >= 0.6 is 0 Å². The molecule has 2 heterocycles. The minimum atomic E-state index is -1.17. The second-order valence-electron chi connectivity index (χ2n) is 4.07. The summed E-state index contributed by atoms with van der Waals surface area (Å²) in [5, 5.41) is 12.3. The summed E-state index contributed by atoms with van der Waals surface area (Å²) in [4.78, 5) is 16.7. The van der Waals surface area contributed by atoms with Crippen LogP contribution in [0.3, 0.4) is 0 Å². The molecule has 0 saturated carbocycles. The minimum absolute atomic E-state index is 0.319. The van der Waals surface area contributed by atoms with E-state index in [1.54, 1.807) is 0 Å². The molecule has 1 unspecified atom stereocenters. The summed E-state index contributed by atoms with van der Waals surface area (Å²) in [6, 6.07) is 0. The van der Waals surface area contributed by atoms with Gasteiger partial charge in [0.05, 0.1) is 0 Å². The number of hydrogen-bond donors (Lipinski definition) is 1. The van der Waals surface area contributed by atoms with Gasteiger partial charge in [-0.15, -0.1) is 0 Å². The van der Waals surface area contributed by atoms with Gasteiger partial charge in [-0.05, 0) is 25.4 Å². The number of rotatable bonds is 4. The van der Waals surface area contributed by atoms with Crippen LogP contribution < -0.4 is 0 Å². The summed E-state index contributed by atoms with van der Waals surface area (Å²) in [6.45, 7) is 5.33. The molecule has 2 rings (SSSR count). The molecule has 88 valence electrons. The predicted octanol–water partition coefficient (Wildman–Crippen LogP) is 0.652. The fourth-order valence-electron chi connectivity index (χ4n) is 2.05. The molecule has 0 aromatic carbocycles. The number of aromatic carboxylic acids is 1. The lowest BCUT2D eigenvalue weighted by Gasteiger charge is -2.11. The average molecular weight is 225 g/mol. The predicted molar refractivity (Wildman–Crippen MR) is 55.2 cm³/mol. The molecule has 1 atom stereocenters. The zero-order valence-corrected chi connectivity index (χ0v) is 9.22. The lowest BCUT2D eigenvalue weighted by atomic mass is 10.1. The quantitative estimate of drug-likeness (QED) is 0.810. The second-order valence-corrected chi connectivity index (χ2v) is 4.07. The molecule has 1 saturated heterocycles. The van der Waals surface area contributed by atoms with Crippen molar-refractivity contribution in [1.82, 2.24) is 15.0 Å². The molecule has 0 aliphatic carbocycles. The van der Waals surface area contributed by atoms with Gasteiger partial charge < -0.3 is 14.5 Å². The highest BCUT2D eigenvalue weighted by Gasteiger charge is 2.23. The summed E-state index contributed by atoms with van der Waals surface area (Å²) < 4.78 is 4.62. The first-order valence-corrected chi connectivity index (χ1v) is 5.47. The van der Waals surface area contributed by atoms with E-state index in [0.29, 0.717) is 18.2 Å². The van der Waals surface area contributed by atoms with Crippen LogP contribution in [0.4, 0.5) is 0 Å². The van der Waals surface area contributed by atoms with Crippen molar-refractivity contribution in [2.24, 2.45) is 5.92 Å². The van der Waals surface area contributed by atoms with E-state index in [4.69, 9.17) is 5.11 Å². The van der Waals surface area contributed by atoms with Gasteiger partial charge in [-0.1, -0.05) is 12.1 Å². The van der Waals surface area contributed by atoms with E-state index in [9.17, 15) is 4.79 Å². The third-order valence-corrected chi connectivity index (χ3v) is 2.94. The maximum atomic E-state index is 10.5. The number of nitrogens with zero attached hydrogens (tertiary/aromatic N) is 3. The molecule has 16 heavy (non-hydrogen) atoms. The number of hydrogen-bond acceptors (Lipinski definition) is 5. The van der Waals surface area contributed by atoms with E-state index in [2.05, 4.69) is 26.5 Å². The normalized spacial score (nSPS) is 21.4. The Hall–Kier alpha value is -1.43. The third-order valence-electron chi connectivity index (χ3n) is 2.94. The molecule has 1 N–H and O–H groups in total. The highest BCUT2D eigenvalue weighted by molar-refractivity contribution is 5.81. The molecule has 1 aliphatic heterocycles. The van der Waals surface area contributed by atoms with Gasteiger partial charge in [0.1, 0.15) is 0 Å². The van der Waals surface area contributed by atoms with Crippen LogP contribution in [0.2, 0.25) is 0 Å². The fraction of sp³-hybridized carbons (Fsp3) is 0.700. The molecule has 1 fully saturated rings. The number of carboxylic acids is 1. The van der Waals surface area contributed by atoms with E-state index in [1.807, 2.05) is 0 Å². The molecule has 6 heteroatoms. The van der Waals surface area contributed by atoms with Gasteiger partial charge in [0.15, 0.2) is 5.82 Å². The van der Waals surface area contributed by atoms with Crippen molar-refractivity contribution >= 4 is 5.97 Å². The zero-order valence-electron chi connectivity index (χ0n) is 9.22. The third kappa shape index (κ3) is 2.38. The number of aromatic nitrogens is 2. The van der Waals surface area contributed by atoms with E-state index >= 15 is 0 Å². The average Bonchev–Trinajstić information content (AvgIpc) is 2.87. The standard InChI is InChI=1S/C10H15N3O3/c1-2-13-4-3-7(6-13)5-8-11-9(10(14)15)16-12-8/h7H,2-6H2,1H3,(H,14,15). The van der Waals surface area contributed by atoms with Crippen molar-refractivity contribution in [1.29, 1.82) is 0 Å². The molecule has 1 aliphatic rings. The molecule has 1 aromatic rings. The Kier molecular flexibility index (Phi) is 3.19. The Balaban J connectivity index is 1.92. The Morgan fingerprint density at radius 3 is 3.06 bits per heavy atom. The first-order chi connectivity index (χ1) is 7.69. The first-order valence-electron chi connectivity index (χ1n) is 5.47. The molecular weight excluding hydrogens is 210 g/mol. The van der Waals surface area contributed by atoms with Crippen LogP contribution in [-0.2, 0) is 6.42 Å². The first kappa shape index (κ1) is 11.1. The lowest BCUT2D eigenvalue weighted by Crippen LogP contribution is -2.20. The molecule has 0 spiro atoms. The number of carbonyl (C=O) groups is 1. The Morgan fingerprint density at radius 1 is 1.69 bits per heavy atom. The Morgan fingerprint density at radius 2 is 2.50 bits per heavy atom. The summed E-state index contributed by atoms with van der Waals surface area (Å²) in [7, 11) is 0. The minimum Gasteiger partial charge on any atom is -0.474 e. The van der Waals surface area contributed by atoms with Crippen LogP contribution in [-0.4, -0.2) is 45.8 Å². The van der Waals surface area contributed by atoms with Crippen LogP contribution in [0.1, 0.15) is 29.9 Å². The van der Waals surface area contributed by atoms with Crippen molar-refractivity contribution in [3.8, 4) is 0 Å². The van der Waals surface area contributed by atoms with Gasteiger partial charge in [-0.3, -0.25) is 0 Å². The van der Waals surface area contributed by atoms with E-state index in [0.717, 1.165) is 26.1 Å². The van der Waals surface area contributed by atoms with Crippen molar-refractivity contribution in [2.45, 2.75) is 19.8 Å². The highest BCUT2D eigenvalue weighted by Crippen LogP contribution is 2.19. The van der Waals surface area contributed by atoms with Crippen LogP contribution in [0.5, 0.6) is 0 Å². The fourth-order valence-corrected chi connectivity index (χ4v) is 2.05. The maximum absolute atomic E-state index is 10.5. The van der Waals surface area contributed by atoms with Gasteiger partial charge in [-0.25, -0.2) is 4.79 Å². The summed E-state index contributed by atoms with van der Waals surface area (Å²) in [5.41, 5.74) is 0. The molecule has 0 radical (unpaired) electrons. The summed E-state index contributed by atoms with van der Waals surface area (Å²) >= 11 is 0. The molecule has 6 nitrogen and oxygen atoms in total. The van der Waals surface area contributed by atoms with Gasteiger partial charge in [-0.2, -0.15) is 4.98 Å². The maximum Gasteiger partial charge on any atom is 0.394 e.